The van der Waals surface area contributed by atoms with Crippen molar-refractivity contribution in [3.63, 3.8) is 0 Å². The molecule has 0 fully saturated rings. The summed E-state index contributed by atoms with van der Waals surface area (Å²) in [6, 6.07) is 13.4. The van der Waals surface area contributed by atoms with Crippen molar-refractivity contribution >= 4 is 19.5 Å². The Morgan fingerprint density at radius 1 is 0.741 bits per heavy atom. The molecule has 0 aromatic heterocycles. The van der Waals surface area contributed by atoms with E-state index in [2.05, 4.69) is 0 Å². The second-order valence-corrected chi connectivity index (χ2v) is 7.85. The zero-order valence-corrected chi connectivity index (χ0v) is 16.2. The molecule has 27 heavy (non-hydrogen) atoms. The third-order valence-corrected chi connectivity index (χ3v) is 4.50. The first kappa shape index (κ1) is 20.8. The lowest BCUT2D eigenvalue weighted by molar-refractivity contribution is -0.132. The molecular formula is C19H21O7P. The van der Waals surface area contributed by atoms with E-state index < -0.39 is 19.5 Å². The van der Waals surface area contributed by atoms with E-state index >= 15 is 0 Å². The maximum Gasteiger partial charge on any atom is 0.328 e. The lowest BCUT2D eigenvalue weighted by Gasteiger charge is -2.14. The number of esters is 2. The van der Waals surface area contributed by atoms with E-state index in [0.29, 0.717) is 11.5 Å². The number of ether oxygens (including phenoxy) is 2. The Morgan fingerprint density at radius 2 is 1.07 bits per heavy atom. The van der Waals surface area contributed by atoms with Crippen LogP contribution < -0.4 is 9.47 Å². The molecule has 2 aromatic carbocycles. The first-order valence-corrected chi connectivity index (χ1v) is 10.1. The van der Waals surface area contributed by atoms with E-state index in [0.717, 1.165) is 11.1 Å². The lowest BCUT2D eigenvalue weighted by atomic mass is 10.2. The Bertz CT molecular complexity index is 761. The van der Waals surface area contributed by atoms with Crippen LogP contribution in [0.2, 0.25) is 0 Å². The van der Waals surface area contributed by atoms with Gasteiger partial charge in [-0.2, -0.15) is 0 Å². The first-order chi connectivity index (χ1) is 12.7. The third-order valence-electron chi connectivity index (χ3n) is 3.30. The summed E-state index contributed by atoms with van der Waals surface area (Å²) >= 11 is 0. The fourth-order valence-corrected chi connectivity index (χ4v) is 2.90. The molecule has 7 nitrogen and oxygen atoms in total. The summed E-state index contributed by atoms with van der Waals surface area (Å²) in [4.78, 5) is 21.8. The molecule has 0 aliphatic heterocycles. The van der Waals surface area contributed by atoms with Gasteiger partial charge in [0, 0.05) is 20.5 Å². The predicted molar refractivity (Wildman–Crippen MR) is 98.6 cm³/mol. The number of hydrogen-bond acceptors (Lipinski definition) is 7. The average molecular weight is 392 g/mol. The molecule has 0 N–H and O–H groups in total. The molecule has 144 valence electrons. The Morgan fingerprint density at radius 3 is 1.37 bits per heavy atom. The van der Waals surface area contributed by atoms with Gasteiger partial charge in [-0.05, 0) is 35.4 Å². The van der Waals surface area contributed by atoms with E-state index in [1.165, 1.54) is 20.5 Å². The number of rotatable bonds is 8. The highest BCUT2D eigenvalue weighted by atomic mass is 31.2. The van der Waals surface area contributed by atoms with Crippen LogP contribution >= 0.6 is 7.60 Å². The molecule has 8 heteroatoms. The summed E-state index contributed by atoms with van der Waals surface area (Å²) in [5, 5.41) is 0. The van der Waals surface area contributed by atoms with E-state index in [4.69, 9.17) is 18.5 Å². The van der Waals surface area contributed by atoms with Crippen molar-refractivity contribution in [2.24, 2.45) is 0 Å². The second kappa shape index (κ2) is 9.46. The molecule has 0 heterocycles. The fourth-order valence-electron chi connectivity index (χ4n) is 2.06. The first-order valence-electron chi connectivity index (χ1n) is 8.15. The normalized spacial score (nSPS) is 11.1. The largest absolute Gasteiger partial charge is 0.427 e. The summed E-state index contributed by atoms with van der Waals surface area (Å²) in [7, 11) is -3.26. The van der Waals surface area contributed by atoms with E-state index in [1.54, 1.807) is 48.5 Å². The maximum atomic E-state index is 12.4. The highest BCUT2D eigenvalue weighted by molar-refractivity contribution is 7.52. The van der Waals surface area contributed by atoms with Crippen molar-refractivity contribution in [1.82, 2.24) is 0 Å². The Kier molecular flexibility index (Phi) is 7.30. The number of carbonyl (C=O) groups is 2. The molecule has 0 saturated carbocycles. The van der Waals surface area contributed by atoms with Gasteiger partial charge in [-0.15, -0.1) is 0 Å². The van der Waals surface area contributed by atoms with Crippen LogP contribution in [0.5, 0.6) is 11.5 Å². The number of benzene rings is 2. The minimum atomic E-state index is -3.26. The molecule has 0 unspecified atom stereocenters. The topological polar surface area (TPSA) is 88.1 Å². The SMILES string of the molecule is CC(=O)Oc1ccc(COP(C)(=O)OCc2ccc(OC(C)=O)cc2)cc1. The van der Waals surface area contributed by atoms with Crippen LogP contribution in [0.1, 0.15) is 25.0 Å². The monoisotopic (exact) mass is 392 g/mol. The van der Waals surface area contributed by atoms with Gasteiger partial charge in [0.05, 0.1) is 13.2 Å². The summed E-state index contributed by atoms with van der Waals surface area (Å²) in [5.41, 5.74) is 1.53. The fraction of sp³-hybridized carbons (Fsp3) is 0.263. The molecule has 0 spiro atoms. The Hall–Kier alpha value is -2.47. The molecule has 0 bridgehead atoms. The van der Waals surface area contributed by atoms with Crippen molar-refractivity contribution in [3.8, 4) is 11.5 Å². The van der Waals surface area contributed by atoms with Crippen LogP contribution in [0.3, 0.4) is 0 Å². The standard InChI is InChI=1S/C19H21O7P/c1-14(20)25-18-8-4-16(5-9-18)12-23-27(3,22)24-13-17-6-10-19(11-7-17)26-15(2)21/h4-11H,12-13H2,1-3H3. The van der Waals surface area contributed by atoms with Gasteiger partial charge in [0.25, 0.3) is 0 Å². The van der Waals surface area contributed by atoms with Crippen molar-refractivity contribution in [1.29, 1.82) is 0 Å². The van der Waals surface area contributed by atoms with Crippen LogP contribution in [0.4, 0.5) is 0 Å². The molecular weight excluding hydrogens is 371 g/mol. The van der Waals surface area contributed by atoms with Gasteiger partial charge in [0.1, 0.15) is 11.5 Å². The van der Waals surface area contributed by atoms with E-state index in [1.807, 2.05) is 0 Å². The zero-order valence-electron chi connectivity index (χ0n) is 15.3. The highest BCUT2D eigenvalue weighted by Crippen LogP contribution is 2.45. The average Bonchev–Trinajstić information content (AvgIpc) is 2.60. The second-order valence-electron chi connectivity index (χ2n) is 5.79. The molecule has 2 rings (SSSR count). The Balaban J connectivity index is 1.83. The van der Waals surface area contributed by atoms with Crippen LogP contribution in [0.25, 0.3) is 0 Å². The summed E-state index contributed by atoms with van der Waals surface area (Å²) in [6.45, 7) is 4.24. The highest BCUT2D eigenvalue weighted by Gasteiger charge is 2.17. The third kappa shape index (κ3) is 7.74. The van der Waals surface area contributed by atoms with E-state index in [9.17, 15) is 14.2 Å². The van der Waals surface area contributed by atoms with Gasteiger partial charge >= 0.3 is 19.5 Å². The van der Waals surface area contributed by atoms with Crippen LogP contribution in [-0.2, 0) is 36.4 Å². The van der Waals surface area contributed by atoms with Crippen molar-refractivity contribution in [2.45, 2.75) is 27.1 Å². The predicted octanol–water partition coefficient (Wildman–Crippen LogP) is 4.09. The van der Waals surface area contributed by atoms with Gasteiger partial charge in [-0.25, -0.2) is 0 Å². The molecule has 0 saturated heterocycles. The summed E-state index contributed by atoms with van der Waals surface area (Å²) in [5.74, 6) is 0.0662. The van der Waals surface area contributed by atoms with Crippen LogP contribution in [-0.4, -0.2) is 18.6 Å². The van der Waals surface area contributed by atoms with Gasteiger partial charge in [-0.3, -0.25) is 14.2 Å². The van der Waals surface area contributed by atoms with Gasteiger partial charge in [0.2, 0.25) is 0 Å². The van der Waals surface area contributed by atoms with Gasteiger partial charge in [0.15, 0.2) is 0 Å². The minimum Gasteiger partial charge on any atom is -0.427 e. The lowest BCUT2D eigenvalue weighted by Crippen LogP contribution is -2.02. The van der Waals surface area contributed by atoms with Crippen molar-refractivity contribution in [3.05, 3.63) is 59.7 Å². The molecule has 0 aliphatic carbocycles. The molecule has 2 aromatic rings. The molecule has 0 aliphatic rings. The smallest absolute Gasteiger partial charge is 0.328 e. The van der Waals surface area contributed by atoms with Crippen molar-refractivity contribution in [2.75, 3.05) is 6.66 Å². The number of hydrogen-bond donors (Lipinski definition) is 0. The quantitative estimate of drug-likeness (QED) is 0.380. The summed E-state index contributed by atoms with van der Waals surface area (Å²) in [6.07, 6.45) is 0. The van der Waals surface area contributed by atoms with Gasteiger partial charge in [-0.1, -0.05) is 24.3 Å². The molecule has 0 radical (unpaired) electrons. The number of carbonyl (C=O) groups excluding carboxylic acids is 2. The molecule has 0 atom stereocenters. The minimum absolute atomic E-state index is 0.0967. The van der Waals surface area contributed by atoms with Crippen molar-refractivity contribution < 1.29 is 32.7 Å². The van der Waals surface area contributed by atoms with E-state index in [-0.39, 0.29) is 13.2 Å². The zero-order chi connectivity index (χ0) is 19.9. The summed E-state index contributed by atoms with van der Waals surface area (Å²) < 4.78 is 33.1. The maximum absolute atomic E-state index is 12.4. The van der Waals surface area contributed by atoms with Gasteiger partial charge < -0.3 is 18.5 Å². The molecule has 0 amide bonds. The Labute approximate surface area is 157 Å². The van der Waals surface area contributed by atoms with Crippen LogP contribution in [0.15, 0.2) is 48.5 Å². The van der Waals surface area contributed by atoms with Crippen LogP contribution in [0, 0.1) is 0 Å².